The van der Waals surface area contributed by atoms with Crippen molar-refractivity contribution in [3.05, 3.63) is 28.8 Å². The van der Waals surface area contributed by atoms with E-state index in [2.05, 4.69) is 5.32 Å². The van der Waals surface area contributed by atoms with Crippen LogP contribution in [-0.2, 0) is 0 Å². The van der Waals surface area contributed by atoms with E-state index >= 15 is 0 Å². The highest BCUT2D eigenvalue weighted by Gasteiger charge is 2.30. The molecule has 1 aromatic rings. The van der Waals surface area contributed by atoms with Crippen LogP contribution in [0.2, 0.25) is 5.02 Å². The molecular formula is C13H18ClNO2. The van der Waals surface area contributed by atoms with E-state index in [1.807, 2.05) is 25.1 Å². The van der Waals surface area contributed by atoms with E-state index in [1.165, 1.54) is 0 Å². The number of hydrogen-bond donors (Lipinski definition) is 2. The maximum Gasteiger partial charge on any atom is 0.138 e. The third kappa shape index (κ3) is 3.35. The summed E-state index contributed by atoms with van der Waals surface area (Å²) >= 11 is 6.04. The lowest BCUT2D eigenvalue weighted by Gasteiger charge is -2.32. The van der Waals surface area contributed by atoms with E-state index in [1.54, 1.807) is 0 Å². The Morgan fingerprint density at radius 1 is 1.41 bits per heavy atom. The molecule has 0 saturated carbocycles. The fraction of sp³-hybridized carbons (Fsp3) is 0.538. The topological polar surface area (TPSA) is 41.5 Å². The number of aryl methyl sites for hydroxylation is 1. The fourth-order valence-electron chi connectivity index (χ4n) is 1.97. The lowest BCUT2D eigenvalue weighted by atomic mass is 9.93. The molecule has 94 valence electrons. The Morgan fingerprint density at radius 2 is 2.12 bits per heavy atom. The molecule has 17 heavy (non-hydrogen) atoms. The van der Waals surface area contributed by atoms with Gasteiger partial charge in [-0.3, -0.25) is 0 Å². The summed E-state index contributed by atoms with van der Waals surface area (Å²) in [6, 6.07) is 5.65. The molecule has 1 saturated heterocycles. The summed E-state index contributed by atoms with van der Waals surface area (Å²) < 4.78 is 5.65. The molecule has 2 rings (SSSR count). The van der Waals surface area contributed by atoms with Crippen LogP contribution in [0.5, 0.6) is 5.75 Å². The molecule has 0 radical (unpaired) electrons. The summed E-state index contributed by atoms with van der Waals surface area (Å²) in [5.41, 5.74) is 0.375. The number of nitrogens with one attached hydrogen (secondary N) is 1. The average Bonchev–Trinajstić information content (AvgIpc) is 2.31. The van der Waals surface area contributed by atoms with Crippen molar-refractivity contribution in [2.75, 3.05) is 19.7 Å². The van der Waals surface area contributed by atoms with Crippen LogP contribution >= 0.6 is 11.6 Å². The van der Waals surface area contributed by atoms with Crippen molar-refractivity contribution in [2.45, 2.75) is 25.4 Å². The number of aliphatic hydroxyl groups is 1. The largest absolute Gasteiger partial charge is 0.489 e. The molecule has 1 aromatic carbocycles. The Morgan fingerprint density at radius 3 is 2.82 bits per heavy atom. The first-order valence-corrected chi connectivity index (χ1v) is 6.29. The lowest BCUT2D eigenvalue weighted by molar-refractivity contribution is -0.0285. The summed E-state index contributed by atoms with van der Waals surface area (Å²) in [4.78, 5) is 0. The number of hydrogen-bond acceptors (Lipinski definition) is 3. The van der Waals surface area contributed by atoms with Crippen LogP contribution in [-0.4, -0.2) is 30.4 Å². The molecule has 1 aliphatic rings. The highest BCUT2D eigenvalue weighted by molar-refractivity contribution is 6.32. The van der Waals surface area contributed by atoms with E-state index in [0.29, 0.717) is 17.4 Å². The third-order valence-corrected chi connectivity index (χ3v) is 3.43. The first-order valence-electron chi connectivity index (χ1n) is 5.91. The van der Waals surface area contributed by atoms with Gasteiger partial charge in [-0.1, -0.05) is 17.7 Å². The van der Waals surface area contributed by atoms with Gasteiger partial charge in [-0.25, -0.2) is 0 Å². The second-order valence-corrected chi connectivity index (χ2v) is 5.10. The van der Waals surface area contributed by atoms with Crippen molar-refractivity contribution in [3.8, 4) is 5.75 Å². The molecule has 0 aliphatic carbocycles. The highest BCUT2D eigenvalue weighted by Crippen LogP contribution is 2.27. The summed E-state index contributed by atoms with van der Waals surface area (Å²) in [7, 11) is 0. The molecule has 1 heterocycles. The van der Waals surface area contributed by atoms with E-state index in [9.17, 15) is 5.11 Å². The van der Waals surface area contributed by atoms with Crippen molar-refractivity contribution < 1.29 is 9.84 Å². The fourth-order valence-corrected chi connectivity index (χ4v) is 2.14. The van der Waals surface area contributed by atoms with E-state index in [4.69, 9.17) is 16.3 Å². The SMILES string of the molecule is Cc1ccc(Cl)c(OCC2(O)CCNCC2)c1. The van der Waals surface area contributed by atoms with Crippen LogP contribution < -0.4 is 10.1 Å². The molecule has 1 fully saturated rings. The minimum atomic E-state index is -0.724. The minimum absolute atomic E-state index is 0.303. The van der Waals surface area contributed by atoms with Crippen LogP contribution in [0.3, 0.4) is 0 Å². The van der Waals surface area contributed by atoms with Crippen molar-refractivity contribution in [3.63, 3.8) is 0 Å². The molecule has 4 heteroatoms. The predicted octanol–water partition coefficient (Wildman–Crippen LogP) is 2.14. The zero-order valence-electron chi connectivity index (χ0n) is 10.0. The monoisotopic (exact) mass is 255 g/mol. The maximum absolute atomic E-state index is 10.3. The molecule has 0 atom stereocenters. The van der Waals surface area contributed by atoms with E-state index < -0.39 is 5.60 Å². The second-order valence-electron chi connectivity index (χ2n) is 4.70. The van der Waals surface area contributed by atoms with Gasteiger partial charge in [-0.15, -0.1) is 0 Å². The van der Waals surface area contributed by atoms with Gasteiger partial charge < -0.3 is 15.2 Å². The van der Waals surface area contributed by atoms with Crippen LogP contribution in [0.4, 0.5) is 0 Å². The molecule has 0 amide bonds. The molecule has 0 bridgehead atoms. The first kappa shape index (κ1) is 12.7. The number of rotatable bonds is 3. The summed E-state index contributed by atoms with van der Waals surface area (Å²) in [6.07, 6.45) is 1.44. The third-order valence-electron chi connectivity index (χ3n) is 3.12. The smallest absolute Gasteiger partial charge is 0.138 e. The van der Waals surface area contributed by atoms with Gasteiger partial charge in [0.05, 0.1) is 5.02 Å². The Bertz CT molecular complexity index is 389. The molecule has 0 aromatic heterocycles. The van der Waals surface area contributed by atoms with E-state index in [-0.39, 0.29) is 0 Å². The Balaban J connectivity index is 1.99. The zero-order valence-corrected chi connectivity index (χ0v) is 10.8. The van der Waals surface area contributed by atoms with Crippen LogP contribution in [0.25, 0.3) is 0 Å². The van der Waals surface area contributed by atoms with Crippen molar-refractivity contribution in [1.29, 1.82) is 0 Å². The van der Waals surface area contributed by atoms with Gasteiger partial charge in [-0.2, -0.15) is 0 Å². The van der Waals surface area contributed by atoms with Crippen LogP contribution in [0.15, 0.2) is 18.2 Å². The van der Waals surface area contributed by atoms with Crippen molar-refractivity contribution in [2.24, 2.45) is 0 Å². The number of halogens is 1. The highest BCUT2D eigenvalue weighted by atomic mass is 35.5. The van der Waals surface area contributed by atoms with Gasteiger partial charge >= 0.3 is 0 Å². The molecule has 3 nitrogen and oxygen atoms in total. The normalized spacial score (nSPS) is 19.0. The van der Waals surface area contributed by atoms with Gasteiger partial charge in [0.2, 0.25) is 0 Å². The Kier molecular flexibility index (Phi) is 3.92. The number of benzene rings is 1. The van der Waals surface area contributed by atoms with Crippen molar-refractivity contribution in [1.82, 2.24) is 5.32 Å². The van der Waals surface area contributed by atoms with Crippen LogP contribution in [0.1, 0.15) is 18.4 Å². The summed E-state index contributed by atoms with van der Waals surface area (Å²) in [6.45, 7) is 3.96. The van der Waals surface area contributed by atoms with Gasteiger partial charge in [0, 0.05) is 0 Å². The molecular weight excluding hydrogens is 238 g/mol. The van der Waals surface area contributed by atoms with Gasteiger partial charge in [0.15, 0.2) is 0 Å². The number of ether oxygens (including phenoxy) is 1. The quantitative estimate of drug-likeness (QED) is 0.870. The summed E-state index contributed by atoms with van der Waals surface area (Å²) in [5.74, 6) is 0.652. The minimum Gasteiger partial charge on any atom is -0.489 e. The summed E-state index contributed by atoms with van der Waals surface area (Å²) in [5, 5.41) is 14.1. The number of piperidine rings is 1. The molecule has 0 spiro atoms. The molecule has 1 aliphatic heterocycles. The van der Waals surface area contributed by atoms with Crippen LogP contribution in [0, 0.1) is 6.92 Å². The lowest BCUT2D eigenvalue weighted by Crippen LogP contribution is -2.46. The van der Waals surface area contributed by atoms with E-state index in [0.717, 1.165) is 31.5 Å². The predicted molar refractivity (Wildman–Crippen MR) is 68.7 cm³/mol. The molecule has 2 N–H and O–H groups in total. The molecule has 0 unspecified atom stereocenters. The average molecular weight is 256 g/mol. The van der Waals surface area contributed by atoms with Gasteiger partial charge in [-0.05, 0) is 50.6 Å². The Hall–Kier alpha value is -0.770. The second kappa shape index (κ2) is 5.25. The standard InChI is InChI=1S/C13H18ClNO2/c1-10-2-3-11(14)12(8-10)17-9-13(16)4-6-15-7-5-13/h2-3,8,15-16H,4-7,9H2,1H3. The zero-order chi connectivity index (χ0) is 12.3. The Labute approximate surface area is 107 Å². The maximum atomic E-state index is 10.3. The van der Waals surface area contributed by atoms with Gasteiger partial charge in [0.25, 0.3) is 0 Å². The van der Waals surface area contributed by atoms with Gasteiger partial charge in [0.1, 0.15) is 18.0 Å². The first-order chi connectivity index (χ1) is 8.09. The van der Waals surface area contributed by atoms with Crippen molar-refractivity contribution >= 4 is 11.6 Å².